The first-order chi connectivity index (χ1) is 8.62. The molecule has 0 bridgehead atoms. The van der Waals surface area contributed by atoms with Crippen LogP contribution in [0.15, 0.2) is 18.2 Å². The fourth-order valence-electron chi connectivity index (χ4n) is 1.70. The zero-order valence-corrected chi connectivity index (χ0v) is 11.2. The summed E-state index contributed by atoms with van der Waals surface area (Å²) in [5, 5.41) is 3.11. The van der Waals surface area contributed by atoms with E-state index in [0.717, 1.165) is 0 Å². The van der Waals surface area contributed by atoms with Gasteiger partial charge in [0.15, 0.2) is 17.9 Å². The summed E-state index contributed by atoms with van der Waals surface area (Å²) in [5.74, 6) is -0.133. The maximum Gasteiger partial charge on any atom is 0.176 e. The Bertz CT molecular complexity index is 369. The van der Waals surface area contributed by atoms with Gasteiger partial charge in [0.25, 0.3) is 0 Å². The van der Waals surface area contributed by atoms with Gasteiger partial charge >= 0.3 is 0 Å². The van der Waals surface area contributed by atoms with E-state index in [-0.39, 0.29) is 23.9 Å². The summed E-state index contributed by atoms with van der Waals surface area (Å²) >= 11 is 0. The van der Waals surface area contributed by atoms with Crippen LogP contribution < -0.4 is 10.1 Å². The number of hydrogen-bond donors (Lipinski definition) is 1. The fourth-order valence-corrected chi connectivity index (χ4v) is 1.70. The molecule has 5 heteroatoms. The second kappa shape index (κ2) is 7.18. The SMILES string of the molecule is CCOc1ccc(NC(C)C(OC)OC)cc1F. The molecule has 0 aliphatic heterocycles. The van der Waals surface area contributed by atoms with Crippen molar-refractivity contribution in [3.8, 4) is 5.75 Å². The molecule has 0 radical (unpaired) electrons. The number of anilines is 1. The minimum atomic E-state index is -0.389. The Hall–Kier alpha value is -1.33. The van der Waals surface area contributed by atoms with E-state index in [9.17, 15) is 4.39 Å². The highest BCUT2D eigenvalue weighted by molar-refractivity contribution is 5.48. The number of methoxy groups -OCH3 is 2. The van der Waals surface area contributed by atoms with E-state index in [1.54, 1.807) is 26.4 Å². The van der Waals surface area contributed by atoms with E-state index >= 15 is 0 Å². The highest BCUT2D eigenvalue weighted by Gasteiger charge is 2.16. The van der Waals surface area contributed by atoms with Gasteiger partial charge in [-0.1, -0.05) is 0 Å². The summed E-state index contributed by atoms with van der Waals surface area (Å²) in [4.78, 5) is 0. The van der Waals surface area contributed by atoms with Crippen LogP contribution in [0.1, 0.15) is 13.8 Å². The summed E-state index contributed by atoms with van der Waals surface area (Å²) in [6.07, 6.45) is -0.389. The average molecular weight is 257 g/mol. The first kappa shape index (κ1) is 14.7. The second-order valence-electron chi connectivity index (χ2n) is 3.85. The maximum atomic E-state index is 13.6. The third-order valence-corrected chi connectivity index (χ3v) is 2.50. The lowest BCUT2D eigenvalue weighted by molar-refractivity contribution is -0.109. The Kier molecular flexibility index (Phi) is 5.88. The van der Waals surface area contributed by atoms with Crippen LogP contribution in [0.3, 0.4) is 0 Å². The monoisotopic (exact) mass is 257 g/mol. The van der Waals surface area contributed by atoms with E-state index in [0.29, 0.717) is 12.3 Å². The molecule has 0 spiro atoms. The molecular formula is C13H20FNO3. The Labute approximate surface area is 107 Å². The van der Waals surface area contributed by atoms with Crippen molar-refractivity contribution in [3.05, 3.63) is 24.0 Å². The van der Waals surface area contributed by atoms with Crippen molar-refractivity contribution in [3.63, 3.8) is 0 Å². The van der Waals surface area contributed by atoms with Crippen molar-refractivity contribution in [2.45, 2.75) is 26.2 Å². The molecule has 0 aliphatic rings. The van der Waals surface area contributed by atoms with Gasteiger partial charge in [0, 0.05) is 26.0 Å². The molecular weight excluding hydrogens is 237 g/mol. The predicted octanol–water partition coefficient (Wildman–Crippen LogP) is 2.64. The van der Waals surface area contributed by atoms with Crippen molar-refractivity contribution >= 4 is 5.69 Å². The van der Waals surface area contributed by atoms with E-state index < -0.39 is 0 Å². The molecule has 4 nitrogen and oxygen atoms in total. The summed E-state index contributed by atoms with van der Waals surface area (Å²) in [6.45, 7) is 4.15. The third kappa shape index (κ3) is 3.85. The highest BCUT2D eigenvalue weighted by Crippen LogP contribution is 2.22. The lowest BCUT2D eigenvalue weighted by atomic mass is 10.2. The van der Waals surface area contributed by atoms with Gasteiger partial charge in [-0.15, -0.1) is 0 Å². The number of benzene rings is 1. The Morgan fingerprint density at radius 1 is 1.28 bits per heavy atom. The topological polar surface area (TPSA) is 39.7 Å². The quantitative estimate of drug-likeness (QED) is 0.762. The Balaban J connectivity index is 2.70. The minimum Gasteiger partial charge on any atom is -0.491 e. The molecule has 1 aromatic carbocycles. The number of nitrogens with one attached hydrogen (secondary N) is 1. The first-order valence-electron chi connectivity index (χ1n) is 5.86. The molecule has 0 heterocycles. The standard InChI is InChI=1S/C13H20FNO3/c1-5-18-12-7-6-10(8-11(12)14)15-9(2)13(16-3)17-4/h6-9,13,15H,5H2,1-4H3. The molecule has 0 aromatic heterocycles. The van der Waals surface area contributed by atoms with Crippen LogP contribution in [0, 0.1) is 5.82 Å². The summed E-state index contributed by atoms with van der Waals surface area (Å²) < 4.78 is 29.0. The highest BCUT2D eigenvalue weighted by atomic mass is 19.1. The van der Waals surface area contributed by atoms with E-state index in [4.69, 9.17) is 14.2 Å². The maximum absolute atomic E-state index is 13.6. The van der Waals surface area contributed by atoms with Gasteiger partial charge in [-0.3, -0.25) is 0 Å². The van der Waals surface area contributed by atoms with Crippen LogP contribution in [0.5, 0.6) is 5.75 Å². The molecule has 0 fully saturated rings. The molecule has 0 saturated heterocycles. The van der Waals surface area contributed by atoms with Crippen molar-refractivity contribution in [1.29, 1.82) is 0 Å². The van der Waals surface area contributed by atoms with Crippen molar-refractivity contribution < 1.29 is 18.6 Å². The molecule has 0 amide bonds. The summed E-state index contributed by atoms with van der Waals surface area (Å²) in [7, 11) is 3.12. The van der Waals surface area contributed by atoms with Crippen LogP contribution in [0.4, 0.5) is 10.1 Å². The van der Waals surface area contributed by atoms with Gasteiger partial charge in [-0.05, 0) is 26.0 Å². The van der Waals surface area contributed by atoms with Gasteiger partial charge in [-0.2, -0.15) is 0 Å². The van der Waals surface area contributed by atoms with Gasteiger partial charge in [0.1, 0.15) is 0 Å². The molecule has 1 unspecified atom stereocenters. The van der Waals surface area contributed by atoms with Crippen LogP contribution >= 0.6 is 0 Å². The zero-order valence-electron chi connectivity index (χ0n) is 11.2. The smallest absolute Gasteiger partial charge is 0.176 e. The van der Waals surface area contributed by atoms with E-state index in [2.05, 4.69) is 5.32 Å². The number of hydrogen-bond acceptors (Lipinski definition) is 4. The zero-order chi connectivity index (χ0) is 13.5. The van der Waals surface area contributed by atoms with Gasteiger partial charge < -0.3 is 19.5 Å². The lowest BCUT2D eigenvalue weighted by Gasteiger charge is -2.23. The molecule has 1 atom stereocenters. The first-order valence-corrected chi connectivity index (χ1v) is 5.86. The molecule has 1 rings (SSSR count). The Morgan fingerprint density at radius 3 is 2.44 bits per heavy atom. The van der Waals surface area contributed by atoms with E-state index in [1.165, 1.54) is 6.07 Å². The van der Waals surface area contributed by atoms with Crippen molar-refractivity contribution in [2.24, 2.45) is 0 Å². The molecule has 1 aromatic rings. The predicted molar refractivity (Wildman–Crippen MR) is 68.5 cm³/mol. The van der Waals surface area contributed by atoms with Crippen LogP contribution in [-0.4, -0.2) is 33.2 Å². The summed E-state index contributed by atoms with van der Waals surface area (Å²) in [5.41, 5.74) is 0.655. The molecule has 0 saturated carbocycles. The number of ether oxygens (including phenoxy) is 3. The largest absolute Gasteiger partial charge is 0.491 e. The number of halogens is 1. The Morgan fingerprint density at radius 2 is 1.94 bits per heavy atom. The average Bonchev–Trinajstić information content (AvgIpc) is 2.34. The molecule has 1 N–H and O–H groups in total. The number of rotatable bonds is 7. The van der Waals surface area contributed by atoms with Gasteiger partial charge in [0.05, 0.1) is 12.6 Å². The van der Waals surface area contributed by atoms with Gasteiger partial charge in [0.2, 0.25) is 0 Å². The van der Waals surface area contributed by atoms with Crippen molar-refractivity contribution in [1.82, 2.24) is 0 Å². The molecule has 0 aliphatic carbocycles. The molecule has 102 valence electrons. The van der Waals surface area contributed by atoms with Gasteiger partial charge in [-0.25, -0.2) is 4.39 Å². The third-order valence-electron chi connectivity index (χ3n) is 2.50. The summed E-state index contributed by atoms with van der Waals surface area (Å²) in [6, 6.07) is 4.65. The molecule has 18 heavy (non-hydrogen) atoms. The minimum absolute atomic E-state index is 0.0997. The van der Waals surface area contributed by atoms with E-state index in [1.807, 2.05) is 13.8 Å². The van der Waals surface area contributed by atoms with Crippen LogP contribution in [0.25, 0.3) is 0 Å². The van der Waals surface area contributed by atoms with Crippen LogP contribution in [0.2, 0.25) is 0 Å². The van der Waals surface area contributed by atoms with Crippen molar-refractivity contribution in [2.75, 3.05) is 26.1 Å². The van der Waals surface area contributed by atoms with Crippen LogP contribution in [-0.2, 0) is 9.47 Å². The normalized spacial score (nSPS) is 12.6. The lowest BCUT2D eigenvalue weighted by Crippen LogP contribution is -2.33. The fraction of sp³-hybridized carbons (Fsp3) is 0.538. The second-order valence-corrected chi connectivity index (χ2v) is 3.85.